The number of carboxylic acids is 1. The van der Waals surface area contributed by atoms with Crippen LogP contribution in [-0.4, -0.2) is 56.9 Å². The highest BCUT2D eigenvalue weighted by atomic mass is 16.5. The molecule has 1 aliphatic rings. The van der Waals surface area contributed by atoms with Crippen LogP contribution in [-0.2, 0) is 9.53 Å². The zero-order chi connectivity index (χ0) is 20.8. The zero-order valence-corrected chi connectivity index (χ0v) is 16.6. The summed E-state index contributed by atoms with van der Waals surface area (Å²) in [7, 11) is 0. The maximum absolute atomic E-state index is 10.5. The highest BCUT2D eigenvalue weighted by molar-refractivity contribution is 5.66. The molecule has 1 saturated heterocycles. The van der Waals surface area contributed by atoms with Crippen molar-refractivity contribution in [3.05, 3.63) is 48.6 Å². The first-order valence-corrected chi connectivity index (χ1v) is 9.98. The number of aliphatic hydroxyl groups is 3. The lowest BCUT2D eigenvalue weighted by molar-refractivity contribution is -0.137. The predicted molar refractivity (Wildman–Crippen MR) is 109 cm³/mol. The highest BCUT2D eigenvalue weighted by Gasteiger charge is 2.35. The van der Waals surface area contributed by atoms with E-state index in [1.54, 1.807) is 0 Å². The molecule has 0 aliphatic carbocycles. The number of carboxylic acid groups (broad SMARTS) is 1. The van der Waals surface area contributed by atoms with Gasteiger partial charge in [-0.25, -0.2) is 0 Å². The summed E-state index contributed by atoms with van der Waals surface area (Å²) in [4.78, 5) is 10.5. The maximum Gasteiger partial charge on any atom is 0.303 e. The molecule has 0 saturated carbocycles. The van der Waals surface area contributed by atoms with E-state index < -0.39 is 36.5 Å². The van der Waals surface area contributed by atoms with Gasteiger partial charge >= 0.3 is 5.97 Å². The molecule has 0 amide bonds. The maximum atomic E-state index is 10.5. The van der Waals surface area contributed by atoms with E-state index in [1.807, 2.05) is 12.2 Å². The molecule has 1 fully saturated rings. The number of aliphatic hydroxyl groups excluding tert-OH is 3. The summed E-state index contributed by atoms with van der Waals surface area (Å²) in [5, 5.41) is 38.6. The normalized spacial score (nSPS) is 25.5. The summed E-state index contributed by atoms with van der Waals surface area (Å²) < 4.78 is 5.67. The third-order valence-corrected chi connectivity index (χ3v) is 4.45. The number of carbonyl (C=O) groups is 1. The number of hydrogen-bond acceptors (Lipinski definition) is 5. The van der Waals surface area contributed by atoms with Gasteiger partial charge in [0.2, 0.25) is 0 Å². The van der Waals surface area contributed by atoms with Gasteiger partial charge in [0.1, 0.15) is 6.10 Å². The van der Waals surface area contributed by atoms with Crippen molar-refractivity contribution in [1.29, 1.82) is 0 Å². The summed E-state index contributed by atoms with van der Waals surface area (Å²) in [6, 6.07) is 0. The molecule has 0 aromatic carbocycles. The Labute approximate surface area is 167 Å². The number of aliphatic carboxylic acids is 1. The molecule has 0 spiro atoms. The van der Waals surface area contributed by atoms with Crippen LogP contribution in [0.1, 0.15) is 51.9 Å². The third kappa shape index (κ3) is 10.6. The monoisotopic (exact) mass is 394 g/mol. The molecule has 1 aliphatic heterocycles. The Morgan fingerprint density at radius 1 is 1.11 bits per heavy atom. The summed E-state index contributed by atoms with van der Waals surface area (Å²) in [6.45, 7) is 2.10. The summed E-state index contributed by atoms with van der Waals surface area (Å²) in [5.41, 5.74) is 0. The van der Waals surface area contributed by atoms with Gasteiger partial charge in [-0.05, 0) is 32.1 Å². The Kier molecular flexibility index (Phi) is 12.4. The van der Waals surface area contributed by atoms with E-state index in [9.17, 15) is 20.1 Å². The highest BCUT2D eigenvalue weighted by Crippen LogP contribution is 2.25. The van der Waals surface area contributed by atoms with Crippen molar-refractivity contribution in [1.82, 2.24) is 0 Å². The number of hydrogen-bond donors (Lipinski definition) is 4. The van der Waals surface area contributed by atoms with Crippen LogP contribution in [0.15, 0.2) is 48.6 Å². The molecule has 1 heterocycles. The van der Waals surface area contributed by atoms with Crippen LogP contribution in [0.3, 0.4) is 0 Å². The van der Waals surface area contributed by atoms with Crippen LogP contribution in [0.2, 0.25) is 0 Å². The SMILES string of the molecule is CC/C=C\C/C=C\C/C=C\C[C@H](O)[C@@H]1C[C@H](O)[C@H](/C=C/[C@@H](O)CCC(=O)O)O1. The Morgan fingerprint density at radius 2 is 1.75 bits per heavy atom. The fourth-order valence-electron chi connectivity index (χ4n) is 2.84. The first kappa shape index (κ1) is 24.3. The quantitative estimate of drug-likeness (QED) is 0.358. The van der Waals surface area contributed by atoms with Gasteiger partial charge in [0.25, 0.3) is 0 Å². The van der Waals surface area contributed by atoms with Crippen molar-refractivity contribution < 1.29 is 30.0 Å². The molecular weight excluding hydrogens is 360 g/mol. The van der Waals surface area contributed by atoms with E-state index >= 15 is 0 Å². The van der Waals surface area contributed by atoms with Crippen molar-refractivity contribution in [2.75, 3.05) is 0 Å². The molecule has 6 nitrogen and oxygen atoms in total. The fraction of sp³-hybridized carbons (Fsp3) is 0.591. The van der Waals surface area contributed by atoms with Gasteiger partial charge in [-0.3, -0.25) is 4.79 Å². The minimum Gasteiger partial charge on any atom is -0.481 e. The van der Waals surface area contributed by atoms with Gasteiger partial charge in [0, 0.05) is 12.8 Å². The van der Waals surface area contributed by atoms with Crippen LogP contribution in [0.5, 0.6) is 0 Å². The molecule has 158 valence electrons. The summed E-state index contributed by atoms with van der Waals surface area (Å²) >= 11 is 0. The van der Waals surface area contributed by atoms with E-state index in [-0.39, 0.29) is 12.8 Å². The molecule has 5 atom stereocenters. The zero-order valence-electron chi connectivity index (χ0n) is 16.6. The van der Waals surface area contributed by atoms with E-state index in [4.69, 9.17) is 9.84 Å². The molecule has 0 radical (unpaired) electrons. The Balaban J connectivity index is 2.31. The second-order valence-corrected chi connectivity index (χ2v) is 6.92. The van der Waals surface area contributed by atoms with Gasteiger partial charge in [0.05, 0.1) is 24.4 Å². The molecule has 28 heavy (non-hydrogen) atoms. The Bertz CT molecular complexity index is 551. The van der Waals surface area contributed by atoms with Crippen LogP contribution in [0.25, 0.3) is 0 Å². The summed E-state index contributed by atoms with van der Waals surface area (Å²) in [6.07, 6.45) is 15.4. The van der Waals surface area contributed by atoms with Crippen molar-refractivity contribution in [2.24, 2.45) is 0 Å². The van der Waals surface area contributed by atoms with Gasteiger partial charge in [-0.15, -0.1) is 0 Å². The van der Waals surface area contributed by atoms with E-state index in [0.717, 1.165) is 19.3 Å². The fourth-order valence-corrected chi connectivity index (χ4v) is 2.84. The van der Waals surface area contributed by atoms with Crippen LogP contribution < -0.4 is 0 Å². The van der Waals surface area contributed by atoms with Crippen molar-refractivity contribution in [3.63, 3.8) is 0 Å². The number of allylic oxidation sites excluding steroid dienone is 5. The third-order valence-electron chi connectivity index (χ3n) is 4.45. The average Bonchev–Trinajstić information content (AvgIpc) is 3.04. The lowest BCUT2D eigenvalue weighted by Gasteiger charge is -2.16. The molecule has 0 unspecified atom stereocenters. The second-order valence-electron chi connectivity index (χ2n) is 6.92. The molecule has 1 rings (SSSR count). The lowest BCUT2D eigenvalue weighted by Crippen LogP contribution is -2.25. The standard InChI is InChI=1S/C22H34O6/c1-2-3-4-5-6-7-8-9-10-11-18(24)21-16-19(25)20(28-21)14-12-17(23)13-15-22(26)27/h3-4,6-7,9-10,12,14,17-21,23-25H,2,5,8,11,13,15-16H2,1H3,(H,26,27)/b4-3-,7-6-,10-9-,14-12+/t17-,18+,19+,20+,21+/m1/s1. The van der Waals surface area contributed by atoms with Crippen molar-refractivity contribution >= 4 is 5.97 Å². The number of ether oxygens (including phenoxy) is 1. The van der Waals surface area contributed by atoms with Crippen molar-refractivity contribution in [3.8, 4) is 0 Å². The molecule has 0 aromatic heterocycles. The van der Waals surface area contributed by atoms with E-state index in [0.29, 0.717) is 12.8 Å². The second kappa shape index (κ2) is 14.3. The molecular formula is C22H34O6. The van der Waals surface area contributed by atoms with Gasteiger partial charge < -0.3 is 25.2 Å². The minimum absolute atomic E-state index is 0.106. The van der Waals surface area contributed by atoms with Gasteiger partial charge in [0.15, 0.2) is 0 Å². The van der Waals surface area contributed by atoms with Crippen LogP contribution in [0, 0.1) is 0 Å². The van der Waals surface area contributed by atoms with E-state index in [1.165, 1.54) is 12.2 Å². The molecule has 0 bridgehead atoms. The van der Waals surface area contributed by atoms with Crippen LogP contribution in [0.4, 0.5) is 0 Å². The van der Waals surface area contributed by atoms with Crippen LogP contribution >= 0.6 is 0 Å². The smallest absolute Gasteiger partial charge is 0.303 e. The van der Waals surface area contributed by atoms with Gasteiger partial charge in [-0.2, -0.15) is 0 Å². The first-order chi connectivity index (χ1) is 13.4. The molecule has 4 N–H and O–H groups in total. The minimum atomic E-state index is -0.968. The number of rotatable bonds is 13. The van der Waals surface area contributed by atoms with Gasteiger partial charge in [-0.1, -0.05) is 55.5 Å². The molecule has 6 heteroatoms. The lowest BCUT2D eigenvalue weighted by atomic mass is 10.0. The largest absolute Gasteiger partial charge is 0.481 e. The predicted octanol–water partition coefficient (Wildman–Crippen LogP) is 2.90. The molecule has 0 aromatic rings. The first-order valence-electron chi connectivity index (χ1n) is 9.98. The summed E-state index contributed by atoms with van der Waals surface area (Å²) in [5.74, 6) is -0.968. The van der Waals surface area contributed by atoms with E-state index in [2.05, 4.69) is 31.2 Å². The topological polar surface area (TPSA) is 107 Å². The van der Waals surface area contributed by atoms with Crippen molar-refractivity contribution in [2.45, 2.75) is 82.4 Å². The Morgan fingerprint density at radius 3 is 2.39 bits per heavy atom. The average molecular weight is 395 g/mol. The Hall–Kier alpha value is -1.73.